The first-order valence-electron chi connectivity index (χ1n) is 5.83. The summed E-state index contributed by atoms with van der Waals surface area (Å²) in [5.74, 6) is -9.39. The molecule has 2 aromatic rings. The van der Waals surface area contributed by atoms with Crippen LogP contribution in [0, 0.1) is 23.3 Å². The Balaban J connectivity index is 2.49. The van der Waals surface area contributed by atoms with Crippen molar-refractivity contribution in [1.82, 2.24) is 0 Å². The SMILES string of the molecule is Fc1c(F)c(F)c(C(F)(F)F)c(SCc2ccccc2)c1F. The van der Waals surface area contributed by atoms with Crippen LogP contribution in [-0.2, 0) is 11.9 Å². The molecule has 2 rings (SSSR count). The number of halogens is 7. The summed E-state index contributed by atoms with van der Waals surface area (Å²) in [6, 6.07) is 7.96. The van der Waals surface area contributed by atoms with E-state index in [2.05, 4.69) is 0 Å². The van der Waals surface area contributed by atoms with Crippen molar-refractivity contribution < 1.29 is 30.7 Å². The summed E-state index contributed by atoms with van der Waals surface area (Å²) in [6.45, 7) is 0. The monoisotopic (exact) mass is 340 g/mol. The molecular formula is C14H7F7S. The van der Waals surface area contributed by atoms with Crippen molar-refractivity contribution in [3.8, 4) is 0 Å². The van der Waals surface area contributed by atoms with Crippen LogP contribution in [0.5, 0.6) is 0 Å². The highest BCUT2D eigenvalue weighted by Crippen LogP contribution is 2.42. The van der Waals surface area contributed by atoms with E-state index < -0.39 is 39.9 Å². The second-order valence-corrected chi connectivity index (χ2v) is 5.22. The van der Waals surface area contributed by atoms with Crippen LogP contribution in [0.4, 0.5) is 30.7 Å². The number of rotatable bonds is 3. The average molecular weight is 340 g/mol. The Morgan fingerprint density at radius 3 is 1.86 bits per heavy atom. The first-order chi connectivity index (χ1) is 10.2. The number of benzene rings is 2. The molecule has 22 heavy (non-hydrogen) atoms. The van der Waals surface area contributed by atoms with Gasteiger partial charge in [-0.3, -0.25) is 0 Å². The van der Waals surface area contributed by atoms with E-state index in [1.807, 2.05) is 0 Å². The smallest absolute Gasteiger partial charge is 0.203 e. The lowest BCUT2D eigenvalue weighted by atomic mass is 10.1. The Bertz CT molecular complexity index is 680. The Labute approximate surface area is 125 Å². The lowest BCUT2D eigenvalue weighted by Gasteiger charge is -2.15. The zero-order valence-corrected chi connectivity index (χ0v) is 11.5. The molecule has 0 saturated carbocycles. The van der Waals surface area contributed by atoms with Crippen LogP contribution in [0.2, 0.25) is 0 Å². The molecule has 2 aromatic carbocycles. The van der Waals surface area contributed by atoms with Crippen LogP contribution in [0.3, 0.4) is 0 Å². The normalized spacial score (nSPS) is 11.8. The minimum absolute atomic E-state index is 0.161. The maximum Gasteiger partial charge on any atom is 0.420 e. The summed E-state index contributed by atoms with van der Waals surface area (Å²) in [5, 5.41) is 0. The Morgan fingerprint density at radius 2 is 1.32 bits per heavy atom. The van der Waals surface area contributed by atoms with E-state index in [9.17, 15) is 30.7 Å². The molecule has 0 radical (unpaired) electrons. The van der Waals surface area contributed by atoms with Crippen molar-refractivity contribution in [3.05, 3.63) is 64.7 Å². The fourth-order valence-electron chi connectivity index (χ4n) is 1.73. The van der Waals surface area contributed by atoms with Crippen molar-refractivity contribution in [2.45, 2.75) is 16.8 Å². The molecule has 118 valence electrons. The summed E-state index contributed by atoms with van der Waals surface area (Å²) >= 11 is 0.249. The van der Waals surface area contributed by atoms with Gasteiger partial charge in [-0.25, -0.2) is 17.6 Å². The minimum Gasteiger partial charge on any atom is -0.203 e. The second kappa shape index (κ2) is 6.20. The topological polar surface area (TPSA) is 0 Å². The molecule has 0 fully saturated rings. The molecule has 0 heterocycles. The van der Waals surface area contributed by atoms with Gasteiger partial charge in [0.1, 0.15) is 5.56 Å². The van der Waals surface area contributed by atoms with Gasteiger partial charge in [0, 0.05) is 5.75 Å². The molecule has 0 aromatic heterocycles. The molecule has 0 nitrogen and oxygen atoms in total. The van der Waals surface area contributed by atoms with E-state index >= 15 is 0 Å². The van der Waals surface area contributed by atoms with Crippen LogP contribution in [0.25, 0.3) is 0 Å². The fourth-order valence-corrected chi connectivity index (χ4v) is 2.80. The molecule has 0 amide bonds. The van der Waals surface area contributed by atoms with Gasteiger partial charge < -0.3 is 0 Å². The van der Waals surface area contributed by atoms with Crippen molar-refractivity contribution in [2.24, 2.45) is 0 Å². The third kappa shape index (κ3) is 3.21. The van der Waals surface area contributed by atoms with Crippen LogP contribution < -0.4 is 0 Å². The molecule has 0 spiro atoms. The van der Waals surface area contributed by atoms with Crippen molar-refractivity contribution >= 4 is 11.8 Å². The third-order valence-corrected chi connectivity index (χ3v) is 3.88. The van der Waals surface area contributed by atoms with Gasteiger partial charge in [-0.2, -0.15) is 13.2 Å². The number of alkyl halides is 3. The minimum atomic E-state index is -5.35. The average Bonchev–Trinajstić information content (AvgIpc) is 2.47. The highest BCUT2D eigenvalue weighted by atomic mass is 32.2. The van der Waals surface area contributed by atoms with E-state index in [1.54, 1.807) is 30.3 Å². The van der Waals surface area contributed by atoms with Crippen LogP contribution in [0.1, 0.15) is 11.1 Å². The predicted octanol–water partition coefficient (Wildman–Crippen LogP) is 5.55. The summed E-state index contributed by atoms with van der Waals surface area (Å²) in [6.07, 6.45) is -5.35. The predicted molar refractivity (Wildman–Crippen MR) is 67.3 cm³/mol. The van der Waals surface area contributed by atoms with Crippen molar-refractivity contribution in [3.63, 3.8) is 0 Å². The number of hydrogen-bond donors (Lipinski definition) is 0. The van der Waals surface area contributed by atoms with Gasteiger partial charge in [-0.05, 0) is 5.56 Å². The maximum atomic E-state index is 13.6. The van der Waals surface area contributed by atoms with Gasteiger partial charge in [0.05, 0.1) is 4.90 Å². The van der Waals surface area contributed by atoms with E-state index in [0.717, 1.165) is 0 Å². The first-order valence-corrected chi connectivity index (χ1v) is 6.82. The molecule has 0 atom stereocenters. The lowest BCUT2D eigenvalue weighted by Crippen LogP contribution is -2.15. The summed E-state index contributed by atoms with van der Waals surface area (Å²) in [7, 11) is 0. The van der Waals surface area contributed by atoms with E-state index in [-0.39, 0.29) is 17.5 Å². The highest BCUT2D eigenvalue weighted by Gasteiger charge is 2.42. The summed E-state index contributed by atoms with van der Waals surface area (Å²) < 4.78 is 91.7. The number of hydrogen-bond acceptors (Lipinski definition) is 1. The van der Waals surface area contributed by atoms with Gasteiger partial charge in [0.2, 0.25) is 0 Å². The molecule has 0 aliphatic carbocycles. The summed E-state index contributed by atoms with van der Waals surface area (Å²) in [5.41, 5.74) is -1.62. The molecule has 8 heteroatoms. The van der Waals surface area contributed by atoms with Crippen molar-refractivity contribution in [2.75, 3.05) is 0 Å². The van der Waals surface area contributed by atoms with Gasteiger partial charge in [-0.1, -0.05) is 30.3 Å². The van der Waals surface area contributed by atoms with E-state index in [4.69, 9.17) is 0 Å². The Kier molecular flexibility index (Phi) is 4.69. The molecule has 0 aliphatic heterocycles. The van der Waals surface area contributed by atoms with Crippen molar-refractivity contribution in [1.29, 1.82) is 0 Å². The molecule has 0 unspecified atom stereocenters. The quantitative estimate of drug-likeness (QED) is 0.305. The zero-order valence-electron chi connectivity index (χ0n) is 10.6. The van der Waals surface area contributed by atoms with Gasteiger partial charge in [-0.15, -0.1) is 11.8 Å². The van der Waals surface area contributed by atoms with Gasteiger partial charge in [0.25, 0.3) is 0 Å². The fraction of sp³-hybridized carbons (Fsp3) is 0.143. The van der Waals surface area contributed by atoms with Crippen LogP contribution >= 0.6 is 11.8 Å². The summed E-state index contributed by atoms with van der Waals surface area (Å²) in [4.78, 5) is -1.30. The Morgan fingerprint density at radius 1 is 0.773 bits per heavy atom. The Hall–Kier alpha value is -1.70. The highest BCUT2D eigenvalue weighted by molar-refractivity contribution is 7.98. The molecule has 0 saturated heterocycles. The standard InChI is InChI=1S/C14H7F7S/c15-9-8(14(19,20)21)13(12(18)11(17)10(9)16)22-6-7-4-2-1-3-5-7/h1-5H,6H2. The third-order valence-electron chi connectivity index (χ3n) is 2.73. The second-order valence-electron chi connectivity index (χ2n) is 4.23. The first kappa shape index (κ1) is 16.7. The maximum absolute atomic E-state index is 13.6. The molecule has 0 aliphatic rings. The largest absolute Gasteiger partial charge is 0.420 e. The van der Waals surface area contributed by atoms with E-state index in [1.165, 1.54) is 0 Å². The number of thioether (sulfide) groups is 1. The molecule has 0 bridgehead atoms. The van der Waals surface area contributed by atoms with Gasteiger partial charge >= 0.3 is 6.18 Å². The lowest BCUT2D eigenvalue weighted by molar-refractivity contribution is -0.143. The van der Waals surface area contributed by atoms with Crippen LogP contribution in [0.15, 0.2) is 35.2 Å². The molecule has 0 N–H and O–H groups in total. The van der Waals surface area contributed by atoms with Crippen LogP contribution in [-0.4, -0.2) is 0 Å². The van der Waals surface area contributed by atoms with Gasteiger partial charge in [0.15, 0.2) is 23.3 Å². The van der Waals surface area contributed by atoms with E-state index in [0.29, 0.717) is 5.56 Å². The molecular weight excluding hydrogens is 333 g/mol. The zero-order chi connectivity index (χ0) is 16.5.